The highest BCUT2D eigenvalue weighted by Crippen LogP contribution is 2.18. The van der Waals surface area contributed by atoms with Crippen molar-refractivity contribution in [1.29, 1.82) is 0 Å². The number of ketones is 1. The minimum Gasteiger partial charge on any atom is -0.494 e. The van der Waals surface area contributed by atoms with Crippen molar-refractivity contribution in [2.75, 3.05) is 19.7 Å². The van der Waals surface area contributed by atoms with Crippen LogP contribution < -0.4 is 10.1 Å². The van der Waals surface area contributed by atoms with E-state index in [1.54, 1.807) is 24.3 Å². The summed E-state index contributed by atoms with van der Waals surface area (Å²) in [6.45, 7) is 8.17. The Hall–Kier alpha value is -2.37. The number of amides is 2. The second-order valence-electron chi connectivity index (χ2n) is 7.98. The van der Waals surface area contributed by atoms with Gasteiger partial charge in [0.1, 0.15) is 5.75 Å². The molecular weight excluding hydrogens is 380 g/mol. The van der Waals surface area contributed by atoms with Gasteiger partial charge in [0.25, 0.3) is 0 Å². The Morgan fingerprint density at radius 3 is 2.23 bits per heavy atom. The molecule has 0 spiro atoms. The highest BCUT2D eigenvalue weighted by molar-refractivity contribution is 5.98. The first-order valence-corrected chi connectivity index (χ1v) is 11.3. The summed E-state index contributed by atoms with van der Waals surface area (Å²) in [6.07, 6.45) is 4.58. The number of hydrogen-bond acceptors (Lipinski definition) is 4. The zero-order valence-electron chi connectivity index (χ0n) is 18.6. The average molecular weight is 417 g/mol. The van der Waals surface area contributed by atoms with Crippen molar-refractivity contribution in [2.24, 2.45) is 5.92 Å². The van der Waals surface area contributed by atoms with Crippen molar-refractivity contribution >= 4 is 17.6 Å². The standard InChI is InChI=1S/C24H36N2O4/c1-4-17-30-21-9-7-19(8-10-21)22(27)11-12-23(28)25-20-13-15-26(16-14-20)24(29)18(5-2)6-3/h7-10,18,20H,4-6,11-17H2,1-3H3,(H,25,28). The number of carbonyl (C=O) groups is 3. The van der Waals surface area contributed by atoms with Gasteiger partial charge in [-0.3, -0.25) is 14.4 Å². The number of nitrogens with zero attached hydrogens (tertiary/aromatic N) is 1. The Morgan fingerprint density at radius 2 is 1.67 bits per heavy atom. The molecule has 0 bridgehead atoms. The quantitative estimate of drug-likeness (QED) is 0.554. The summed E-state index contributed by atoms with van der Waals surface area (Å²) < 4.78 is 5.52. The van der Waals surface area contributed by atoms with Gasteiger partial charge in [0, 0.05) is 43.5 Å². The number of benzene rings is 1. The number of piperidine rings is 1. The second-order valence-corrected chi connectivity index (χ2v) is 7.98. The molecule has 30 heavy (non-hydrogen) atoms. The van der Waals surface area contributed by atoms with Crippen LogP contribution in [0.4, 0.5) is 0 Å². The van der Waals surface area contributed by atoms with Crippen LogP contribution in [-0.4, -0.2) is 48.2 Å². The normalized spacial score (nSPS) is 14.6. The van der Waals surface area contributed by atoms with Crippen LogP contribution in [0, 0.1) is 5.92 Å². The van der Waals surface area contributed by atoms with Crippen LogP contribution in [0.15, 0.2) is 24.3 Å². The van der Waals surface area contributed by atoms with Crippen LogP contribution in [0.2, 0.25) is 0 Å². The summed E-state index contributed by atoms with van der Waals surface area (Å²) in [6, 6.07) is 7.16. The van der Waals surface area contributed by atoms with Crippen molar-refractivity contribution in [3.05, 3.63) is 29.8 Å². The smallest absolute Gasteiger partial charge is 0.225 e. The first-order valence-electron chi connectivity index (χ1n) is 11.3. The van der Waals surface area contributed by atoms with E-state index in [1.165, 1.54) is 0 Å². The zero-order chi connectivity index (χ0) is 21.9. The topological polar surface area (TPSA) is 75.7 Å². The Kier molecular flexibility index (Phi) is 9.84. The molecule has 166 valence electrons. The van der Waals surface area contributed by atoms with E-state index in [0.717, 1.165) is 37.9 Å². The molecule has 0 atom stereocenters. The molecule has 0 aliphatic carbocycles. The molecule has 2 amide bonds. The lowest BCUT2D eigenvalue weighted by molar-refractivity contribution is -0.137. The Morgan fingerprint density at radius 1 is 1.03 bits per heavy atom. The largest absolute Gasteiger partial charge is 0.494 e. The molecule has 0 radical (unpaired) electrons. The van der Waals surface area contributed by atoms with Gasteiger partial charge >= 0.3 is 0 Å². The van der Waals surface area contributed by atoms with Gasteiger partial charge in [0.15, 0.2) is 5.78 Å². The highest BCUT2D eigenvalue weighted by atomic mass is 16.5. The summed E-state index contributed by atoms with van der Waals surface area (Å²) in [7, 11) is 0. The molecule has 6 nitrogen and oxygen atoms in total. The molecule has 1 fully saturated rings. The predicted molar refractivity (Wildman–Crippen MR) is 118 cm³/mol. The summed E-state index contributed by atoms with van der Waals surface area (Å²) in [5.74, 6) is 0.949. The van der Waals surface area contributed by atoms with Crippen molar-refractivity contribution in [1.82, 2.24) is 10.2 Å². The number of hydrogen-bond donors (Lipinski definition) is 1. The lowest BCUT2D eigenvalue weighted by Gasteiger charge is -2.34. The number of ether oxygens (including phenoxy) is 1. The highest BCUT2D eigenvalue weighted by Gasteiger charge is 2.27. The van der Waals surface area contributed by atoms with E-state index in [0.29, 0.717) is 25.3 Å². The molecule has 1 saturated heterocycles. The van der Waals surface area contributed by atoms with E-state index >= 15 is 0 Å². The van der Waals surface area contributed by atoms with E-state index in [1.807, 2.05) is 11.8 Å². The SMILES string of the molecule is CCCOc1ccc(C(=O)CCC(=O)NC2CCN(C(=O)C(CC)CC)CC2)cc1. The lowest BCUT2D eigenvalue weighted by atomic mass is 9.98. The van der Waals surface area contributed by atoms with Gasteiger partial charge in [-0.2, -0.15) is 0 Å². The Bertz CT molecular complexity index is 690. The molecule has 1 aliphatic heterocycles. The summed E-state index contributed by atoms with van der Waals surface area (Å²) >= 11 is 0. The van der Waals surface area contributed by atoms with E-state index in [2.05, 4.69) is 19.2 Å². The van der Waals surface area contributed by atoms with Crippen molar-refractivity contribution in [3.8, 4) is 5.75 Å². The van der Waals surface area contributed by atoms with Gasteiger partial charge in [-0.1, -0.05) is 20.8 Å². The van der Waals surface area contributed by atoms with Crippen LogP contribution in [-0.2, 0) is 9.59 Å². The van der Waals surface area contributed by atoms with Gasteiger partial charge in [0.05, 0.1) is 6.61 Å². The number of nitrogens with one attached hydrogen (secondary N) is 1. The Labute approximate surface area is 180 Å². The maximum Gasteiger partial charge on any atom is 0.225 e. The van der Waals surface area contributed by atoms with Gasteiger partial charge in [-0.15, -0.1) is 0 Å². The molecule has 1 heterocycles. The lowest BCUT2D eigenvalue weighted by Crippen LogP contribution is -2.48. The van der Waals surface area contributed by atoms with E-state index in [4.69, 9.17) is 4.74 Å². The van der Waals surface area contributed by atoms with Gasteiger partial charge in [-0.25, -0.2) is 0 Å². The maximum absolute atomic E-state index is 12.5. The molecule has 6 heteroatoms. The van der Waals surface area contributed by atoms with E-state index in [-0.39, 0.29) is 42.4 Å². The molecule has 0 unspecified atom stereocenters. The van der Waals surface area contributed by atoms with E-state index < -0.39 is 0 Å². The summed E-state index contributed by atoms with van der Waals surface area (Å²) in [5, 5.41) is 3.03. The van der Waals surface area contributed by atoms with Crippen molar-refractivity contribution in [2.45, 2.75) is 71.8 Å². The fraction of sp³-hybridized carbons (Fsp3) is 0.625. The molecule has 1 aromatic rings. The maximum atomic E-state index is 12.5. The number of likely N-dealkylation sites (tertiary alicyclic amines) is 1. The third kappa shape index (κ3) is 7.15. The first kappa shape index (κ1) is 23.9. The summed E-state index contributed by atoms with van der Waals surface area (Å²) in [4.78, 5) is 39.0. The Balaban J connectivity index is 1.71. The molecule has 1 N–H and O–H groups in total. The zero-order valence-corrected chi connectivity index (χ0v) is 18.6. The molecule has 2 rings (SSSR count). The summed E-state index contributed by atoms with van der Waals surface area (Å²) in [5.41, 5.74) is 0.597. The predicted octanol–water partition coefficient (Wildman–Crippen LogP) is 3.98. The number of rotatable bonds is 11. The molecule has 1 aliphatic rings. The van der Waals surface area contributed by atoms with Gasteiger partial charge in [0.2, 0.25) is 11.8 Å². The third-order valence-corrected chi connectivity index (χ3v) is 5.73. The average Bonchev–Trinajstić information content (AvgIpc) is 2.77. The van der Waals surface area contributed by atoms with Crippen molar-refractivity contribution < 1.29 is 19.1 Å². The fourth-order valence-corrected chi connectivity index (χ4v) is 3.77. The fourth-order valence-electron chi connectivity index (χ4n) is 3.77. The van der Waals surface area contributed by atoms with Crippen LogP contribution >= 0.6 is 0 Å². The minimum absolute atomic E-state index is 0.0437. The minimum atomic E-state index is -0.101. The van der Waals surface area contributed by atoms with Gasteiger partial charge < -0.3 is 15.0 Å². The number of carbonyl (C=O) groups excluding carboxylic acids is 3. The van der Waals surface area contributed by atoms with Gasteiger partial charge in [-0.05, 0) is 56.4 Å². The van der Waals surface area contributed by atoms with Crippen molar-refractivity contribution in [3.63, 3.8) is 0 Å². The second kappa shape index (κ2) is 12.4. The molecule has 0 saturated carbocycles. The molecule has 0 aromatic heterocycles. The monoisotopic (exact) mass is 416 g/mol. The van der Waals surface area contributed by atoms with Crippen LogP contribution in [0.3, 0.4) is 0 Å². The number of Topliss-reactive ketones (excluding diaryl/α,β-unsaturated/α-hetero) is 1. The molecule has 1 aromatic carbocycles. The van der Waals surface area contributed by atoms with E-state index in [9.17, 15) is 14.4 Å². The van der Waals surface area contributed by atoms with Crippen LogP contribution in [0.5, 0.6) is 5.75 Å². The molecular formula is C24H36N2O4. The first-order chi connectivity index (χ1) is 14.5. The third-order valence-electron chi connectivity index (χ3n) is 5.73. The van der Waals surface area contributed by atoms with Crippen LogP contribution in [0.25, 0.3) is 0 Å². The van der Waals surface area contributed by atoms with Crippen LogP contribution in [0.1, 0.15) is 76.1 Å².